The number of aryl methyl sites for hydroxylation is 2. The summed E-state index contributed by atoms with van der Waals surface area (Å²) in [6.07, 6.45) is 0.831. The largest absolute Gasteiger partial charge is 0.456 e. The number of aromatic nitrogens is 2. The molecule has 0 bridgehead atoms. The first-order valence-corrected chi connectivity index (χ1v) is 6.78. The number of carbonyl (C=O) groups excluding carboxylic acids is 1. The van der Waals surface area contributed by atoms with Crippen LogP contribution < -0.4 is 0 Å². The number of ether oxygens (including phenoxy) is 1. The Hall–Kier alpha value is -1.27. The third-order valence-corrected chi connectivity index (χ3v) is 3.80. The van der Waals surface area contributed by atoms with Gasteiger partial charge in [-0.05, 0) is 48.5 Å². The third-order valence-electron chi connectivity index (χ3n) is 2.14. The molecule has 0 fully saturated rings. The minimum absolute atomic E-state index is 0.281. The summed E-state index contributed by atoms with van der Waals surface area (Å²) in [5.41, 5.74) is 1.88. The molecule has 0 saturated carbocycles. The van der Waals surface area contributed by atoms with Crippen LogP contribution >= 0.6 is 23.1 Å². The number of rotatable bonds is 4. The molecule has 17 heavy (non-hydrogen) atoms. The second-order valence-corrected chi connectivity index (χ2v) is 5.24. The van der Waals surface area contributed by atoms with Gasteiger partial charge in [0.2, 0.25) is 0 Å². The SMILES string of the molecule is CCc1cc(C(=O)OCc2cc(C)ns2)sn1. The quantitative estimate of drug-likeness (QED) is 0.800. The van der Waals surface area contributed by atoms with Crippen molar-refractivity contribution in [2.75, 3.05) is 0 Å². The van der Waals surface area contributed by atoms with E-state index in [1.807, 2.05) is 19.9 Å². The van der Waals surface area contributed by atoms with Gasteiger partial charge in [0.05, 0.1) is 16.3 Å². The number of carbonyl (C=O) groups is 1. The Morgan fingerprint density at radius 1 is 1.35 bits per heavy atom. The Balaban J connectivity index is 1.93. The fourth-order valence-corrected chi connectivity index (χ4v) is 2.64. The summed E-state index contributed by atoms with van der Waals surface area (Å²) >= 11 is 2.54. The van der Waals surface area contributed by atoms with E-state index in [4.69, 9.17) is 4.74 Å². The van der Waals surface area contributed by atoms with Gasteiger partial charge >= 0.3 is 5.97 Å². The summed E-state index contributed by atoms with van der Waals surface area (Å²) in [4.78, 5) is 13.2. The zero-order valence-corrected chi connectivity index (χ0v) is 11.2. The molecule has 90 valence electrons. The van der Waals surface area contributed by atoms with E-state index >= 15 is 0 Å². The fourth-order valence-electron chi connectivity index (χ4n) is 1.27. The van der Waals surface area contributed by atoms with E-state index in [2.05, 4.69) is 8.75 Å². The summed E-state index contributed by atoms with van der Waals surface area (Å²) < 4.78 is 13.5. The van der Waals surface area contributed by atoms with Gasteiger partial charge in [0, 0.05) is 0 Å². The fraction of sp³-hybridized carbons (Fsp3) is 0.364. The van der Waals surface area contributed by atoms with Gasteiger partial charge in [0.1, 0.15) is 11.5 Å². The maximum absolute atomic E-state index is 11.7. The lowest BCUT2D eigenvalue weighted by molar-refractivity contribution is 0.0482. The molecular weight excluding hydrogens is 256 g/mol. The van der Waals surface area contributed by atoms with E-state index in [1.54, 1.807) is 6.07 Å². The molecule has 0 aliphatic heterocycles. The summed E-state index contributed by atoms with van der Waals surface area (Å²) in [6, 6.07) is 3.70. The average molecular weight is 268 g/mol. The van der Waals surface area contributed by atoms with Gasteiger partial charge < -0.3 is 4.74 Å². The van der Waals surface area contributed by atoms with Crippen LogP contribution in [0, 0.1) is 6.92 Å². The zero-order chi connectivity index (χ0) is 12.3. The molecule has 0 N–H and O–H groups in total. The van der Waals surface area contributed by atoms with Crippen molar-refractivity contribution < 1.29 is 9.53 Å². The van der Waals surface area contributed by atoms with Crippen molar-refractivity contribution >= 4 is 29.0 Å². The molecule has 0 aromatic carbocycles. The van der Waals surface area contributed by atoms with Crippen LogP contribution in [0.5, 0.6) is 0 Å². The van der Waals surface area contributed by atoms with Gasteiger partial charge in [-0.1, -0.05) is 6.92 Å². The first kappa shape index (κ1) is 12.2. The van der Waals surface area contributed by atoms with Crippen LogP contribution in [-0.2, 0) is 17.8 Å². The van der Waals surface area contributed by atoms with Crippen LogP contribution in [0.3, 0.4) is 0 Å². The lowest BCUT2D eigenvalue weighted by Crippen LogP contribution is -2.02. The van der Waals surface area contributed by atoms with Crippen molar-refractivity contribution in [3.05, 3.63) is 33.3 Å². The molecule has 0 saturated heterocycles. The molecule has 2 aromatic heterocycles. The van der Waals surface area contributed by atoms with Crippen LogP contribution in [0.25, 0.3) is 0 Å². The van der Waals surface area contributed by atoms with Crippen molar-refractivity contribution in [2.45, 2.75) is 26.9 Å². The van der Waals surface area contributed by atoms with Gasteiger partial charge in [0.25, 0.3) is 0 Å². The number of hydrogen-bond acceptors (Lipinski definition) is 6. The molecule has 0 radical (unpaired) electrons. The first-order chi connectivity index (χ1) is 8.19. The lowest BCUT2D eigenvalue weighted by Gasteiger charge is -1.99. The first-order valence-electron chi connectivity index (χ1n) is 5.24. The predicted molar refractivity (Wildman–Crippen MR) is 67.5 cm³/mol. The zero-order valence-electron chi connectivity index (χ0n) is 9.60. The maximum Gasteiger partial charge on any atom is 0.350 e. The summed E-state index contributed by atoms with van der Waals surface area (Å²) in [5, 5.41) is 0. The highest BCUT2D eigenvalue weighted by Gasteiger charge is 2.12. The van der Waals surface area contributed by atoms with Crippen LogP contribution in [-0.4, -0.2) is 14.7 Å². The van der Waals surface area contributed by atoms with Crippen molar-refractivity contribution in [2.24, 2.45) is 0 Å². The molecule has 0 aliphatic carbocycles. The predicted octanol–water partition coefficient (Wildman–Crippen LogP) is 2.83. The third kappa shape index (κ3) is 3.10. The molecule has 0 unspecified atom stereocenters. The Bertz CT molecular complexity index is 519. The number of esters is 1. The summed E-state index contributed by atoms with van der Waals surface area (Å²) in [6.45, 7) is 4.20. The molecule has 2 rings (SSSR count). The van der Waals surface area contributed by atoms with Crippen LogP contribution in [0.2, 0.25) is 0 Å². The normalized spacial score (nSPS) is 10.5. The Morgan fingerprint density at radius 2 is 2.18 bits per heavy atom. The van der Waals surface area contributed by atoms with E-state index < -0.39 is 0 Å². The molecule has 6 heteroatoms. The minimum Gasteiger partial charge on any atom is -0.456 e. The van der Waals surface area contributed by atoms with Crippen LogP contribution in [0.4, 0.5) is 0 Å². The highest BCUT2D eigenvalue weighted by atomic mass is 32.1. The van der Waals surface area contributed by atoms with Crippen molar-refractivity contribution in [1.29, 1.82) is 0 Å². The smallest absolute Gasteiger partial charge is 0.350 e. The van der Waals surface area contributed by atoms with Gasteiger partial charge in [0.15, 0.2) is 0 Å². The van der Waals surface area contributed by atoms with Gasteiger partial charge in [-0.25, -0.2) is 4.79 Å². The van der Waals surface area contributed by atoms with Gasteiger partial charge in [-0.15, -0.1) is 0 Å². The molecule has 0 atom stereocenters. The summed E-state index contributed by atoms with van der Waals surface area (Å²) in [7, 11) is 0. The van der Waals surface area contributed by atoms with E-state index in [-0.39, 0.29) is 12.6 Å². The highest BCUT2D eigenvalue weighted by Crippen LogP contribution is 2.15. The highest BCUT2D eigenvalue weighted by molar-refractivity contribution is 7.08. The van der Waals surface area contributed by atoms with E-state index in [0.717, 1.165) is 22.7 Å². The van der Waals surface area contributed by atoms with Gasteiger partial charge in [-0.2, -0.15) is 8.75 Å². The Kier molecular flexibility index (Phi) is 3.86. The molecule has 0 amide bonds. The van der Waals surface area contributed by atoms with Crippen molar-refractivity contribution in [1.82, 2.24) is 8.75 Å². The average Bonchev–Trinajstić information content (AvgIpc) is 2.94. The van der Waals surface area contributed by atoms with Crippen molar-refractivity contribution in [3.8, 4) is 0 Å². The van der Waals surface area contributed by atoms with E-state index in [1.165, 1.54) is 23.1 Å². The van der Waals surface area contributed by atoms with Crippen LogP contribution in [0.15, 0.2) is 12.1 Å². The molecular formula is C11H12N2O2S2. The Morgan fingerprint density at radius 3 is 2.76 bits per heavy atom. The second kappa shape index (κ2) is 5.37. The minimum atomic E-state index is -0.312. The second-order valence-electron chi connectivity index (χ2n) is 3.55. The number of hydrogen-bond donors (Lipinski definition) is 0. The number of nitrogens with zero attached hydrogens (tertiary/aromatic N) is 2. The molecule has 2 heterocycles. The Labute approximate surface area is 108 Å². The topological polar surface area (TPSA) is 52.1 Å². The van der Waals surface area contributed by atoms with Gasteiger partial charge in [-0.3, -0.25) is 0 Å². The lowest BCUT2D eigenvalue weighted by atomic mass is 10.3. The maximum atomic E-state index is 11.7. The van der Waals surface area contributed by atoms with Crippen LogP contribution in [0.1, 0.15) is 32.9 Å². The summed E-state index contributed by atoms with van der Waals surface area (Å²) in [5.74, 6) is -0.312. The monoisotopic (exact) mass is 268 g/mol. The van der Waals surface area contributed by atoms with E-state index in [0.29, 0.717) is 4.88 Å². The molecule has 4 nitrogen and oxygen atoms in total. The van der Waals surface area contributed by atoms with Crippen molar-refractivity contribution in [3.63, 3.8) is 0 Å². The van der Waals surface area contributed by atoms with E-state index in [9.17, 15) is 4.79 Å². The molecule has 2 aromatic rings. The molecule has 0 aliphatic rings. The standard InChI is InChI=1S/C11H12N2O2S2/c1-3-8-5-10(17-13-8)11(14)15-6-9-4-7(2)12-16-9/h4-5H,3,6H2,1-2H3. The molecule has 0 spiro atoms.